The Labute approximate surface area is 241 Å². The van der Waals surface area contributed by atoms with Crippen LogP contribution in [-0.2, 0) is 4.79 Å². The Balaban J connectivity index is 1.39. The molecule has 1 aromatic heterocycles. The molecule has 4 atom stereocenters. The first-order valence-electron chi connectivity index (χ1n) is 14.9. The number of aryl methyl sites for hydroxylation is 2. The van der Waals surface area contributed by atoms with Crippen LogP contribution >= 0.6 is 0 Å². The molecule has 3 aromatic rings. The van der Waals surface area contributed by atoms with Gasteiger partial charge in [-0.15, -0.1) is 0 Å². The highest BCUT2D eigenvalue weighted by Gasteiger charge is 2.50. The SMILES string of the molecule is Cc1ncc(NC(=O)C2C[C@@H]3CCC[C@@H]3N(C(=O)c3c(C)cccc3F)C2c2ccc(NC3CCCC3)cc2)cn1. The maximum Gasteiger partial charge on any atom is 0.257 e. The number of amides is 2. The van der Waals surface area contributed by atoms with E-state index in [1.165, 1.54) is 31.7 Å². The van der Waals surface area contributed by atoms with Crippen LogP contribution in [0.4, 0.5) is 15.8 Å². The fraction of sp³-hybridized carbons (Fsp3) is 0.455. The molecular formula is C33H38FN5O2. The normalized spacial score (nSPS) is 24.2. The zero-order chi connectivity index (χ0) is 28.5. The Bertz CT molecular complexity index is 1380. The molecule has 0 bridgehead atoms. The zero-order valence-corrected chi connectivity index (χ0v) is 23.8. The number of carbonyl (C=O) groups excluding carboxylic acids is 2. The van der Waals surface area contributed by atoms with Crippen molar-refractivity contribution in [1.82, 2.24) is 14.9 Å². The summed E-state index contributed by atoms with van der Waals surface area (Å²) < 4.78 is 15.2. The van der Waals surface area contributed by atoms with Gasteiger partial charge < -0.3 is 15.5 Å². The predicted octanol–water partition coefficient (Wildman–Crippen LogP) is 6.60. The summed E-state index contributed by atoms with van der Waals surface area (Å²) in [5, 5.41) is 6.64. The van der Waals surface area contributed by atoms with Crippen molar-refractivity contribution < 1.29 is 14.0 Å². The van der Waals surface area contributed by atoms with Crippen molar-refractivity contribution in [3.8, 4) is 0 Å². The molecule has 8 heteroatoms. The van der Waals surface area contributed by atoms with Crippen LogP contribution in [0.15, 0.2) is 54.9 Å². The van der Waals surface area contributed by atoms with E-state index in [4.69, 9.17) is 0 Å². The minimum Gasteiger partial charge on any atom is -0.382 e. The summed E-state index contributed by atoms with van der Waals surface area (Å²) in [5.41, 5.74) is 3.14. The minimum absolute atomic E-state index is 0.0467. The Morgan fingerprint density at radius 3 is 2.34 bits per heavy atom. The highest BCUT2D eigenvalue weighted by atomic mass is 19.1. The average Bonchev–Trinajstić information content (AvgIpc) is 3.66. The van der Waals surface area contributed by atoms with Gasteiger partial charge in [-0.25, -0.2) is 14.4 Å². The number of benzene rings is 2. The lowest BCUT2D eigenvalue weighted by molar-refractivity contribution is -0.125. The summed E-state index contributed by atoms with van der Waals surface area (Å²) in [6.07, 6.45) is 11.5. The summed E-state index contributed by atoms with van der Waals surface area (Å²) in [6, 6.07) is 12.8. The van der Waals surface area contributed by atoms with Crippen molar-refractivity contribution in [1.29, 1.82) is 0 Å². The predicted molar refractivity (Wildman–Crippen MR) is 157 cm³/mol. The van der Waals surface area contributed by atoms with Crippen LogP contribution in [-0.4, -0.2) is 38.8 Å². The van der Waals surface area contributed by atoms with Crippen LogP contribution in [0.5, 0.6) is 0 Å². The lowest BCUT2D eigenvalue weighted by Crippen LogP contribution is -2.54. The molecule has 6 rings (SSSR count). The number of hydrogen-bond acceptors (Lipinski definition) is 5. The van der Waals surface area contributed by atoms with E-state index >= 15 is 4.39 Å². The molecule has 2 aromatic carbocycles. The summed E-state index contributed by atoms with van der Waals surface area (Å²) in [4.78, 5) is 38.6. The summed E-state index contributed by atoms with van der Waals surface area (Å²) in [7, 11) is 0. The number of anilines is 2. The first-order chi connectivity index (χ1) is 19.9. The fourth-order valence-electron chi connectivity index (χ4n) is 7.24. The van der Waals surface area contributed by atoms with Gasteiger partial charge in [0, 0.05) is 17.8 Å². The van der Waals surface area contributed by atoms with Gasteiger partial charge in [0.05, 0.1) is 35.6 Å². The number of nitrogens with one attached hydrogen (secondary N) is 2. The van der Waals surface area contributed by atoms with E-state index < -0.39 is 17.8 Å². The van der Waals surface area contributed by atoms with Gasteiger partial charge in [0.15, 0.2) is 0 Å². The van der Waals surface area contributed by atoms with E-state index in [9.17, 15) is 9.59 Å². The third-order valence-electron chi connectivity index (χ3n) is 9.25. The molecule has 41 heavy (non-hydrogen) atoms. The van der Waals surface area contributed by atoms with E-state index in [0.29, 0.717) is 29.5 Å². The average molecular weight is 556 g/mol. The van der Waals surface area contributed by atoms with Crippen LogP contribution in [0, 0.1) is 31.5 Å². The van der Waals surface area contributed by atoms with E-state index in [-0.39, 0.29) is 29.3 Å². The van der Waals surface area contributed by atoms with Crippen LogP contribution in [0.25, 0.3) is 0 Å². The number of halogens is 1. The molecule has 7 nitrogen and oxygen atoms in total. The van der Waals surface area contributed by atoms with Gasteiger partial charge in [-0.2, -0.15) is 0 Å². The molecule has 3 fully saturated rings. The van der Waals surface area contributed by atoms with Crippen LogP contribution in [0.2, 0.25) is 0 Å². The second-order valence-corrected chi connectivity index (χ2v) is 11.9. The van der Waals surface area contributed by atoms with E-state index in [1.807, 2.05) is 29.2 Å². The molecule has 2 heterocycles. The molecule has 2 saturated carbocycles. The standard InChI is InChI=1S/C33H38FN5O2/c1-20-7-5-11-28(34)30(20)33(41)39-29-12-6-8-23(29)17-27(32(40)38-26-18-35-21(2)36-19-26)31(39)22-13-15-25(16-14-22)37-24-9-3-4-10-24/h5,7,11,13-16,18-19,23-24,27,29,31,37H,3-4,6,8-10,12,17H2,1-2H3,(H,38,40)/t23-,27?,29-,31?/m0/s1. The Morgan fingerprint density at radius 2 is 1.63 bits per heavy atom. The van der Waals surface area contributed by atoms with Crippen molar-refractivity contribution in [2.45, 2.75) is 83.3 Å². The summed E-state index contributed by atoms with van der Waals surface area (Å²) >= 11 is 0. The van der Waals surface area contributed by atoms with Gasteiger partial charge in [0.1, 0.15) is 11.6 Å². The van der Waals surface area contributed by atoms with E-state index in [1.54, 1.807) is 38.4 Å². The third-order valence-corrected chi connectivity index (χ3v) is 9.25. The summed E-state index contributed by atoms with van der Waals surface area (Å²) in [6.45, 7) is 3.56. The second kappa shape index (κ2) is 11.6. The number of aromatic nitrogens is 2. The van der Waals surface area contributed by atoms with Crippen LogP contribution in [0.3, 0.4) is 0 Å². The third kappa shape index (κ3) is 5.56. The molecule has 214 valence electrons. The number of piperidine rings is 1. The first kappa shape index (κ1) is 27.4. The molecule has 2 N–H and O–H groups in total. The Morgan fingerprint density at radius 1 is 0.902 bits per heavy atom. The highest BCUT2D eigenvalue weighted by molar-refractivity contribution is 5.98. The van der Waals surface area contributed by atoms with Gasteiger partial charge in [-0.3, -0.25) is 9.59 Å². The monoisotopic (exact) mass is 555 g/mol. The van der Waals surface area contributed by atoms with Crippen molar-refractivity contribution in [3.05, 3.63) is 83.2 Å². The van der Waals surface area contributed by atoms with Crippen LogP contribution in [0.1, 0.15) is 84.7 Å². The molecule has 1 aliphatic heterocycles. The van der Waals surface area contributed by atoms with Gasteiger partial charge >= 0.3 is 0 Å². The molecule has 2 aliphatic carbocycles. The smallest absolute Gasteiger partial charge is 0.257 e. The first-order valence-corrected chi connectivity index (χ1v) is 14.9. The van der Waals surface area contributed by atoms with Gasteiger partial charge in [-0.05, 0) is 81.2 Å². The van der Waals surface area contributed by atoms with Gasteiger partial charge in [0.2, 0.25) is 5.91 Å². The Kier molecular flexibility index (Phi) is 7.73. The van der Waals surface area contributed by atoms with Crippen molar-refractivity contribution in [2.24, 2.45) is 11.8 Å². The lowest BCUT2D eigenvalue weighted by atomic mass is 9.76. The Hall–Kier alpha value is -3.81. The highest BCUT2D eigenvalue weighted by Crippen LogP contribution is 2.49. The minimum atomic E-state index is -0.534. The van der Waals surface area contributed by atoms with Crippen LogP contribution < -0.4 is 10.6 Å². The fourth-order valence-corrected chi connectivity index (χ4v) is 7.24. The number of hydrogen-bond donors (Lipinski definition) is 2. The molecule has 0 radical (unpaired) electrons. The maximum absolute atomic E-state index is 15.2. The molecule has 3 aliphatic rings. The number of carbonyl (C=O) groups is 2. The van der Waals surface area contributed by atoms with Gasteiger partial charge in [-0.1, -0.05) is 43.5 Å². The zero-order valence-electron chi connectivity index (χ0n) is 23.8. The van der Waals surface area contributed by atoms with E-state index in [2.05, 4.69) is 20.6 Å². The van der Waals surface area contributed by atoms with Crippen molar-refractivity contribution in [2.75, 3.05) is 10.6 Å². The lowest BCUT2D eigenvalue weighted by Gasteiger charge is -2.48. The topological polar surface area (TPSA) is 87.2 Å². The molecule has 2 amide bonds. The maximum atomic E-state index is 15.2. The van der Waals surface area contributed by atoms with Crippen molar-refractivity contribution >= 4 is 23.2 Å². The van der Waals surface area contributed by atoms with Gasteiger partial charge in [0.25, 0.3) is 5.91 Å². The second-order valence-electron chi connectivity index (χ2n) is 11.9. The van der Waals surface area contributed by atoms with Crippen molar-refractivity contribution in [3.63, 3.8) is 0 Å². The number of nitrogens with zero attached hydrogens (tertiary/aromatic N) is 3. The molecule has 0 spiro atoms. The van der Waals surface area contributed by atoms with E-state index in [0.717, 1.165) is 30.5 Å². The summed E-state index contributed by atoms with van der Waals surface area (Å²) in [5.74, 6) is -0.759. The quantitative estimate of drug-likeness (QED) is 0.358. The largest absolute Gasteiger partial charge is 0.382 e. The molecule has 2 unspecified atom stereocenters. The molecule has 1 saturated heterocycles. The number of rotatable bonds is 6. The number of likely N-dealkylation sites (tertiary alicyclic amines) is 1. The number of fused-ring (bicyclic) bond motifs is 1. The molecular weight excluding hydrogens is 517 g/mol.